The van der Waals surface area contributed by atoms with Crippen LogP contribution in [-0.2, 0) is 14.3 Å². The molecule has 78 heavy (non-hydrogen) atoms. The lowest BCUT2D eigenvalue weighted by Gasteiger charge is -2.22. The first-order chi connectivity index (χ1) is 38.5. The van der Waals surface area contributed by atoms with E-state index in [0.29, 0.717) is 25.9 Å². The Kier molecular flexibility index (Phi) is 65.4. The number of hydrogen-bond donors (Lipinski definition) is 3. The zero-order valence-corrected chi connectivity index (χ0v) is 52.4. The summed E-state index contributed by atoms with van der Waals surface area (Å²) in [7, 11) is 0. The monoisotopic (exact) mass is 1090 g/mol. The molecule has 0 aromatic heterocycles. The van der Waals surface area contributed by atoms with Crippen molar-refractivity contribution in [2.24, 2.45) is 0 Å². The number of allylic oxidation sites excluding steroid dienone is 8. The van der Waals surface area contributed by atoms with Gasteiger partial charge in [-0.3, -0.25) is 9.59 Å². The summed E-state index contributed by atoms with van der Waals surface area (Å²) in [4.78, 5) is 24.6. The molecule has 0 spiro atoms. The van der Waals surface area contributed by atoms with Crippen LogP contribution in [0.15, 0.2) is 48.6 Å². The third kappa shape index (κ3) is 63.0. The van der Waals surface area contributed by atoms with E-state index in [1.54, 1.807) is 0 Å². The average Bonchev–Trinajstić information content (AvgIpc) is 3.44. The molecule has 6 heteroatoms. The highest BCUT2D eigenvalue weighted by Crippen LogP contribution is 2.18. The van der Waals surface area contributed by atoms with Crippen LogP contribution >= 0.6 is 0 Å². The number of ether oxygens (including phenoxy) is 1. The van der Waals surface area contributed by atoms with Gasteiger partial charge in [-0.05, 0) is 89.9 Å². The zero-order chi connectivity index (χ0) is 56.4. The van der Waals surface area contributed by atoms with Crippen molar-refractivity contribution in [2.45, 2.75) is 386 Å². The number of unbranched alkanes of at least 4 members (excludes halogenated alkanes) is 46. The molecule has 0 rings (SSSR count). The van der Waals surface area contributed by atoms with Crippen molar-refractivity contribution in [3.05, 3.63) is 48.6 Å². The molecule has 2 atom stereocenters. The molecule has 1 amide bonds. The van der Waals surface area contributed by atoms with Gasteiger partial charge in [0.15, 0.2) is 0 Å². The first-order valence-corrected chi connectivity index (χ1v) is 34.9. The summed E-state index contributed by atoms with van der Waals surface area (Å²) in [5.74, 6) is -0.0367. The van der Waals surface area contributed by atoms with E-state index in [9.17, 15) is 19.8 Å². The molecule has 2 unspecified atom stereocenters. The predicted octanol–water partition coefficient (Wildman–Crippen LogP) is 22.5. The van der Waals surface area contributed by atoms with E-state index >= 15 is 0 Å². The molecule has 0 aliphatic carbocycles. The van der Waals surface area contributed by atoms with E-state index in [4.69, 9.17) is 4.74 Å². The number of carbonyl (C=O) groups is 2. The van der Waals surface area contributed by atoms with Crippen LogP contribution < -0.4 is 5.32 Å². The Balaban J connectivity index is 3.43. The second-order valence-corrected chi connectivity index (χ2v) is 23.9. The Morgan fingerprint density at radius 2 is 0.641 bits per heavy atom. The normalized spacial score (nSPS) is 12.8. The molecule has 0 heterocycles. The molecule has 0 aromatic carbocycles. The Bertz CT molecular complexity index is 1310. The lowest BCUT2D eigenvalue weighted by Crippen LogP contribution is -2.45. The molecule has 0 aliphatic rings. The summed E-state index contributed by atoms with van der Waals surface area (Å²) in [5.41, 5.74) is 0. The third-order valence-corrected chi connectivity index (χ3v) is 16.1. The second-order valence-electron chi connectivity index (χ2n) is 23.9. The van der Waals surface area contributed by atoms with Gasteiger partial charge in [0.25, 0.3) is 0 Å². The van der Waals surface area contributed by atoms with E-state index in [-0.39, 0.29) is 18.5 Å². The minimum atomic E-state index is -0.670. The highest BCUT2D eigenvalue weighted by atomic mass is 16.5. The molecule has 0 fully saturated rings. The van der Waals surface area contributed by atoms with Crippen LogP contribution in [0, 0.1) is 0 Å². The van der Waals surface area contributed by atoms with Gasteiger partial charge in [-0.2, -0.15) is 0 Å². The van der Waals surface area contributed by atoms with E-state index in [2.05, 4.69) is 67.8 Å². The molecule has 0 saturated heterocycles. The first kappa shape index (κ1) is 75.8. The fourth-order valence-electron chi connectivity index (χ4n) is 10.8. The number of rotatable bonds is 65. The summed E-state index contributed by atoms with van der Waals surface area (Å²) >= 11 is 0. The van der Waals surface area contributed by atoms with Gasteiger partial charge in [0, 0.05) is 12.8 Å². The van der Waals surface area contributed by atoms with Gasteiger partial charge >= 0.3 is 5.97 Å². The van der Waals surface area contributed by atoms with Crippen molar-refractivity contribution in [2.75, 3.05) is 13.2 Å². The summed E-state index contributed by atoms with van der Waals surface area (Å²) in [5, 5.41) is 23.4. The van der Waals surface area contributed by atoms with Crippen molar-refractivity contribution in [1.29, 1.82) is 0 Å². The van der Waals surface area contributed by atoms with Gasteiger partial charge in [-0.15, -0.1) is 0 Å². The van der Waals surface area contributed by atoms with Gasteiger partial charge < -0.3 is 20.3 Å². The molecular formula is C72H135NO5. The molecule has 0 bridgehead atoms. The van der Waals surface area contributed by atoms with Crippen molar-refractivity contribution in [1.82, 2.24) is 5.32 Å². The van der Waals surface area contributed by atoms with Crippen LogP contribution in [0.4, 0.5) is 0 Å². The topological polar surface area (TPSA) is 95.9 Å². The van der Waals surface area contributed by atoms with Gasteiger partial charge in [0.2, 0.25) is 5.91 Å². The number of nitrogens with one attached hydrogen (secondary N) is 1. The van der Waals surface area contributed by atoms with Crippen LogP contribution in [0.3, 0.4) is 0 Å². The third-order valence-electron chi connectivity index (χ3n) is 16.1. The number of esters is 1. The molecular weight excluding hydrogens is 959 g/mol. The van der Waals surface area contributed by atoms with Gasteiger partial charge in [0.05, 0.1) is 25.4 Å². The summed E-state index contributed by atoms with van der Waals surface area (Å²) < 4.78 is 5.49. The number of carbonyl (C=O) groups excluding carboxylic acids is 2. The van der Waals surface area contributed by atoms with E-state index in [1.165, 1.54) is 283 Å². The van der Waals surface area contributed by atoms with Crippen molar-refractivity contribution in [3.63, 3.8) is 0 Å². The lowest BCUT2D eigenvalue weighted by molar-refractivity contribution is -0.143. The molecule has 0 saturated carbocycles. The zero-order valence-electron chi connectivity index (χ0n) is 52.4. The minimum Gasteiger partial charge on any atom is -0.466 e. The summed E-state index contributed by atoms with van der Waals surface area (Å²) in [6.07, 6.45) is 87.1. The molecule has 3 N–H and O–H groups in total. The van der Waals surface area contributed by atoms with Crippen LogP contribution in [0.5, 0.6) is 0 Å². The number of hydrogen-bond acceptors (Lipinski definition) is 5. The van der Waals surface area contributed by atoms with Crippen molar-refractivity contribution in [3.8, 4) is 0 Å². The average molecular weight is 1090 g/mol. The summed E-state index contributed by atoms with van der Waals surface area (Å²) in [6.45, 7) is 4.95. The van der Waals surface area contributed by atoms with Crippen LogP contribution in [0.1, 0.15) is 373 Å². The van der Waals surface area contributed by atoms with Crippen LogP contribution in [0.25, 0.3) is 0 Å². The predicted molar refractivity (Wildman–Crippen MR) is 342 cm³/mol. The quantitative estimate of drug-likeness (QED) is 0.0320. The SMILES string of the molecule is CCCCCC/C=C\C/C=C\CCCCCCCCCC(=O)OCCCCCCCCCCC/C=C\C/C=C\CCCCCCCCCCCC(=O)NC(CO)C(O)CCCCCCCCCCCCCCCCCCCC. The van der Waals surface area contributed by atoms with E-state index in [0.717, 1.165) is 57.8 Å². The molecule has 0 aliphatic heterocycles. The van der Waals surface area contributed by atoms with E-state index in [1.807, 2.05) is 0 Å². The van der Waals surface area contributed by atoms with Gasteiger partial charge in [-0.25, -0.2) is 0 Å². The van der Waals surface area contributed by atoms with Crippen LogP contribution in [-0.4, -0.2) is 47.4 Å². The minimum absolute atomic E-state index is 0.00191. The first-order valence-electron chi connectivity index (χ1n) is 34.9. The fraction of sp³-hybridized carbons (Fsp3) is 0.861. The molecule has 0 aromatic rings. The standard InChI is InChI=1S/C72H135NO5/c1-3-5-7-9-11-13-15-17-19-21-32-36-40-44-48-52-56-60-64-70(75)69(68-74)73-71(76)65-61-57-53-49-45-41-37-33-30-28-26-24-23-25-27-29-31-35-39-43-47-51-55-59-63-67-78-72(77)66-62-58-54-50-46-42-38-34-22-20-18-16-14-12-10-8-6-4-2/h14,16,20,22,24-27,69-70,74-75H,3-13,15,17-19,21,23,28-68H2,1-2H3,(H,73,76)/b16-14-,22-20-,26-24-,27-25-. The largest absolute Gasteiger partial charge is 0.466 e. The Morgan fingerprint density at radius 3 is 0.987 bits per heavy atom. The molecule has 458 valence electrons. The summed E-state index contributed by atoms with van der Waals surface area (Å²) in [6, 6.07) is -0.548. The maximum absolute atomic E-state index is 12.5. The lowest BCUT2D eigenvalue weighted by atomic mass is 10.0. The van der Waals surface area contributed by atoms with Crippen molar-refractivity contribution < 1.29 is 24.5 Å². The Morgan fingerprint density at radius 1 is 0.359 bits per heavy atom. The number of aliphatic hydroxyl groups is 2. The van der Waals surface area contributed by atoms with E-state index < -0.39 is 12.1 Å². The van der Waals surface area contributed by atoms with Gasteiger partial charge in [0.1, 0.15) is 0 Å². The Labute approximate surface area is 486 Å². The smallest absolute Gasteiger partial charge is 0.305 e. The maximum atomic E-state index is 12.5. The highest BCUT2D eigenvalue weighted by Gasteiger charge is 2.20. The number of amides is 1. The molecule has 6 nitrogen and oxygen atoms in total. The van der Waals surface area contributed by atoms with Crippen molar-refractivity contribution >= 4 is 11.9 Å². The second kappa shape index (κ2) is 67.3. The van der Waals surface area contributed by atoms with Crippen LogP contribution in [0.2, 0.25) is 0 Å². The fourth-order valence-corrected chi connectivity index (χ4v) is 10.8. The van der Waals surface area contributed by atoms with Gasteiger partial charge in [-0.1, -0.05) is 319 Å². The maximum Gasteiger partial charge on any atom is 0.305 e. The highest BCUT2D eigenvalue weighted by molar-refractivity contribution is 5.76. The Hall–Kier alpha value is -2.18. The molecule has 0 radical (unpaired) electrons. The number of aliphatic hydroxyl groups excluding tert-OH is 2.